The van der Waals surface area contributed by atoms with E-state index in [0.29, 0.717) is 5.75 Å². The third kappa shape index (κ3) is 1.78. The number of hydrogen-bond donors (Lipinski definition) is 1. The molecular formula is C7H7BrO3S. The summed E-state index contributed by atoms with van der Waals surface area (Å²) in [6, 6.07) is 0. The number of aryl methyl sites for hydroxylation is 1. The Kier molecular flexibility index (Phi) is 2.74. The Bertz CT molecular complexity index is 319. The molecule has 1 heterocycles. The second kappa shape index (κ2) is 3.45. The molecule has 0 radical (unpaired) electrons. The zero-order valence-corrected chi connectivity index (χ0v) is 8.95. The summed E-state index contributed by atoms with van der Waals surface area (Å²) in [5.74, 6) is 0.407. The van der Waals surface area contributed by atoms with Crippen molar-refractivity contribution in [2.24, 2.45) is 0 Å². The summed E-state index contributed by atoms with van der Waals surface area (Å²) >= 11 is 4.69. The van der Waals surface area contributed by atoms with Gasteiger partial charge in [0.25, 0.3) is 0 Å². The van der Waals surface area contributed by atoms with Crippen LogP contribution in [0.3, 0.4) is 0 Å². The molecule has 0 fully saturated rings. The van der Waals surface area contributed by atoms with E-state index in [4.69, 9.17) is 5.11 Å². The summed E-state index contributed by atoms with van der Waals surface area (Å²) in [6.07, 6.45) is -1.28. The first-order valence-corrected chi connectivity index (χ1v) is 4.79. The fourth-order valence-electron chi connectivity index (χ4n) is 0.769. The van der Waals surface area contributed by atoms with Gasteiger partial charge in [0, 0.05) is 10.4 Å². The molecule has 0 aliphatic carbocycles. The first kappa shape index (κ1) is 9.54. The molecule has 0 aromatic carbocycles. The maximum Gasteiger partial charge on any atom is 0.511 e. The number of ether oxygens (including phenoxy) is 1. The third-order valence-corrected chi connectivity index (χ3v) is 3.30. The van der Waals surface area contributed by atoms with E-state index in [9.17, 15) is 4.79 Å². The third-order valence-electron chi connectivity index (χ3n) is 1.48. The van der Waals surface area contributed by atoms with Crippen LogP contribution in [-0.4, -0.2) is 11.3 Å². The van der Waals surface area contributed by atoms with Crippen LogP contribution in [-0.2, 0) is 0 Å². The predicted molar refractivity (Wildman–Crippen MR) is 50.1 cm³/mol. The van der Waals surface area contributed by atoms with Gasteiger partial charge in [-0.2, -0.15) is 0 Å². The second-order valence-corrected chi connectivity index (χ2v) is 4.80. The van der Waals surface area contributed by atoms with Crippen molar-refractivity contribution >= 4 is 33.4 Å². The van der Waals surface area contributed by atoms with Crippen molar-refractivity contribution in [2.75, 3.05) is 0 Å². The summed E-state index contributed by atoms with van der Waals surface area (Å²) < 4.78 is 5.30. The van der Waals surface area contributed by atoms with Crippen LogP contribution in [0.1, 0.15) is 10.4 Å². The Morgan fingerprint density at radius 3 is 2.50 bits per heavy atom. The fraction of sp³-hybridized carbons (Fsp3) is 0.286. The van der Waals surface area contributed by atoms with Crippen LogP contribution >= 0.6 is 27.3 Å². The molecular weight excluding hydrogens is 244 g/mol. The first-order chi connectivity index (χ1) is 5.52. The molecule has 0 unspecified atom stereocenters. The van der Waals surface area contributed by atoms with Gasteiger partial charge in [-0.05, 0) is 29.8 Å². The number of carbonyl (C=O) groups is 1. The van der Waals surface area contributed by atoms with Gasteiger partial charge in [-0.15, -0.1) is 11.3 Å². The molecule has 0 saturated carbocycles. The topological polar surface area (TPSA) is 46.5 Å². The molecule has 3 nitrogen and oxygen atoms in total. The number of halogens is 1. The van der Waals surface area contributed by atoms with Crippen LogP contribution in [0.15, 0.2) is 3.79 Å². The van der Waals surface area contributed by atoms with E-state index < -0.39 is 6.16 Å². The zero-order valence-electron chi connectivity index (χ0n) is 6.55. The van der Waals surface area contributed by atoms with Gasteiger partial charge in [0.1, 0.15) is 3.79 Å². The first-order valence-electron chi connectivity index (χ1n) is 3.18. The number of thiophene rings is 1. The van der Waals surface area contributed by atoms with E-state index in [1.54, 1.807) is 0 Å². The fourth-order valence-corrected chi connectivity index (χ4v) is 2.68. The highest BCUT2D eigenvalue weighted by molar-refractivity contribution is 9.11. The van der Waals surface area contributed by atoms with Crippen LogP contribution in [0.25, 0.3) is 0 Å². The lowest BCUT2D eigenvalue weighted by molar-refractivity contribution is 0.144. The maximum atomic E-state index is 10.2. The largest absolute Gasteiger partial charge is 0.511 e. The minimum absolute atomic E-state index is 0.407. The van der Waals surface area contributed by atoms with Gasteiger partial charge in [0.05, 0.1) is 0 Å². The van der Waals surface area contributed by atoms with Gasteiger partial charge in [-0.3, -0.25) is 0 Å². The van der Waals surface area contributed by atoms with E-state index in [1.807, 2.05) is 13.8 Å². The average Bonchev–Trinajstić information content (AvgIpc) is 2.16. The highest BCUT2D eigenvalue weighted by atomic mass is 79.9. The molecule has 66 valence electrons. The van der Waals surface area contributed by atoms with Crippen molar-refractivity contribution in [1.29, 1.82) is 0 Å². The van der Waals surface area contributed by atoms with Crippen LogP contribution in [0, 0.1) is 13.8 Å². The molecule has 12 heavy (non-hydrogen) atoms. The molecule has 0 amide bonds. The monoisotopic (exact) mass is 250 g/mol. The molecule has 1 aromatic rings. The van der Waals surface area contributed by atoms with Gasteiger partial charge in [-0.25, -0.2) is 4.79 Å². The van der Waals surface area contributed by atoms with Gasteiger partial charge >= 0.3 is 6.16 Å². The summed E-state index contributed by atoms with van der Waals surface area (Å²) in [5, 5.41) is 8.39. The zero-order chi connectivity index (χ0) is 9.30. The molecule has 0 spiro atoms. The van der Waals surface area contributed by atoms with E-state index in [-0.39, 0.29) is 0 Å². The van der Waals surface area contributed by atoms with Crippen molar-refractivity contribution in [3.05, 3.63) is 14.2 Å². The summed E-state index contributed by atoms with van der Waals surface area (Å²) in [4.78, 5) is 11.3. The van der Waals surface area contributed by atoms with Crippen molar-refractivity contribution in [3.63, 3.8) is 0 Å². The maximum absolute atomic E-state index is 10.2. The van der Waals surface area contributed by atoms with Crippen molar-refractivity contribution in [2.45, 2.75) is 13.8 Å². The van der Waals surface area contributed by atoms with Crippen LogP contribution < -0.4 is 4.74 Å². The normalized spacial score (nSPS) is 9.92. The quantitative estimate of drug-likeness (QED) is 0.779. The lowest BCUT2D eigenvalue weighted by Gasteiger charge is -1.98. The van der Waals surface area contributed by atoms with Crippen LogP contribution in [0.4, 0.5) is 4.79 Å². The summed E-state index contributed by atoms with van der Waals surface area (Å²) in [5.41, 5.74) is 0.870. The van der Waals surface area contributed by atoms with Crippen molar-refractivity contribution in [3.8, 4) is 5.75 Å². The SMILES string of the molecule is Cc1sc(Br)c(OC(=O)O)c1C. The van der Waals surface area contributed by atoms with E-state index in [1.165, 1.54) is 11.3 Å². The molecule has 5 heteroatoms. The summed E-state index contributed by atoms with van der Waals surface area (Å²) in [6.45, 7) is 3.74. The van der Waals surface area contributed by atoms with Crippen LogP contribution in [0.5, 0.6) is 5.75 Å². The van der Waals surface area contributed by atoms with Gasteiger partial charge < -0.3 is 9.84 Å². The number of carboxylic acid groups (broad SMARTS) is 1. The predicted octanol–water partition coefficient (Wildman–Crippen LogP) is 3.18. The standard InChI is InChI=1S/C7H7BrO3S/c1-3-4(2)12-6(8)5(3)11-7(9)10/h1-2H3,(H,9,10). The average molecular weight is 251 g/mol. The molecule has 0 aliphatic heterocycles. The van der Waals surface area contributed by atoms with Gasteiger partial charge in [0.15, 0.2) is 5.75 Å². The van der Waals surface area contributed by atoms with Crippen molar-refractivity contribution in [1.82, 2.24) is 0 Å². The molecule has 0 bridgehead atoms. The Balaban J connectivity index is 3.05. The minimum Gasteiger partial charge on any atom is -0.449 e. The number of hydrogen-bond acceptors (Lipinski definition) is 3. The van der Waals surface area contributed by atoms with Crippen LogP contribution in [0.2, 0.25) is 0 Å². The van der Waals surface area contributed by atoms with E-state index >= 15 is 0 Å². The smallest absolute Gasteiger partial charge is 0.449 e. The molecule has 0 saturated heterocycles. The highest BCUT2D eigenvalue weighted by Gasteiger charge is 2.14. The Morgan fingerprint density at radius 2 is 2.17 bits per heavy atom. The Hall–Kier alpha value is -0.550. The molecule has 1 rings (SSSR count). The molecule has 0 atom stereocenters. The second-order valence-electron chi connectivity index (χ2n) is 2.25. The summed E-state index contributed by atoms with van der Waals surface area (Å²) in [7, 11) is 0. The lowest BCUT2D eigenvalue weighted by Crippen LogP contribution is -2.03. The van der Waals surface area contributed by atoms with E-state index in [2.05, 4.69) is 20.7 Å². The number of rotatable bonds is 1. The molecule has 0 aliphatic rings. The van der Waals surface area contributed by atoms with Crippen molar-refractivity contribution < 1.29 is 14.6 Å². The highest BCUT2D eigenvalue weighted by Crippen LogP contribution is 2.38. The molecule has 1 N–H and O–H groups in total. The van der Waals surface area contributed by atoms with E-state index in [0.717, 1.165) is 14.2 Å². The minimum atomic E-state index is -1.28. The van der Waals surface area contributed by atoms with Gasteiger partial charge in [-0.1, -0.05) is 0 Å². The molecule has 1 aromatic heterocycles. The lowest BCUT2D eigenvalue weighted by atomic mass is 10.3. The Morgan fingerprint density at radius 1 is 1.58 bits per heavy atom. The Labute approximate surface area is 82.1 Å². The van der Waals surface area contributed by atoms with Gasteiger partial charge in [0.2, 0.25) is 0 Å².